The zero-order valence-electron chi connectivity index (χ0n) is 25.0. The van der Waals surface area contributed by atoms with Gasteiger partial charge in [-0.3, -0.25) is 19.0 Å². The normalized spacial score (nSPS) is 25.4. The molecule has 1 aromatic carbocycles. The van der Waals surface area contributed by atoms with Crippen LogP contribution in [0.25, 0.3) is 0 Å². The van der Waals surface area contributed by atoms with Gasteiger partial charge in [0.15, 0.2) is 12.3 Å². The summed E-state index contributed by atoms with van der Waals surface area (Å²) in [6.07, 6.45) is 0.309. The van der Waals surface area contributed by atoms with Crippen molar-refractivity contribution in [3.8, 4) is 11.8 Å². The monoisotopic (exact) mass is 618 g/mol. The van der Waals surface area contributed by atoms with Gasteiger partial charge in [0.2, 0.25) is 0 Å². The molecule has 0 radical (unpaired) electrons. The first-order chi connectivity index (χ1) is 20.3. The molecule has 0 bridgehead atoms. The Bertz CT molecular complexity index is 1300. The van der Waals surface area contributed by atoms with E-state index < -0.39 is 68.3 Å². The van der Waals surface area contributed by atoms with Crippen molar-refractivity contribution >= 4 is 25.7 Å². The second-order valence-electron chi connectivity index (χ2n) is 10.6. The second-order valence-corrected chi connectivity index (χ2v) is 12.3. The number of carbonyl (C=O) groups excluding carboxylic acids is 3. The minimum atomic E-state index is -4.32. The van der Waals surface area contributed by atoms with Crippen molar-refractivity contribution in [2.75, 3.05) is 6.61 Å². The lowest BCUT2D eigenvalue weighted by Gasteiger charge is -2.35. The molecule has 2 amide bonds. The maximum atomic E-state index is 14.0. The number of urea groups is 1. The van der Waals surface area contributed by atoms with E-state index in [0.717, 1.165) is 11.3 Å². The molecule has 0 aromatic heterocycles. The number of rotatable bonds is 14. The van der Waals surface area contributed by atoms with Gasteiger partial charge in [-0.2, -0.15) is 10.3 Å². The Kier molecular flexibility index (Phi) is 11.5. The molecule has 2 heterocycles. The molecule has 2 aliphatic rings. The van der Waals surface area contributed by atoms with E-state index in [1.165, 1.54) is 26.1 Å². The van der Waals surface area contributed by atoms with Crippen molar-refractivity contribution < 1.29 is 42.2 Å². The maximum Gasteiger partial charge on any atom is 0.459 e. The predicted molar refractivity (Wildman–Crippen MR) is 155 cm³/mol. The smallest absolute Gasteiger partial charge is 0.459 e. The highest BCUT2D eigenvalue weighted by molar-refractivity contribution is 7.52. The Hall–Kier alpha value is -3.69. The highest BCUT2D eigenvalue weighted by Crippen LogP contribution is 2.48. The van der Waals surface area contributed by atoms with Gasteiger partial charge >= 0.3 is 25.7 Å². The zero-order chi connectivity index (χ0) is 31.8. The molecule has 0 spiro atoms. The topological polar surface area (TPSA) is 166 Å². The highest BCUT2D eigenvalue weighted by atomic mass is 31.2. The molecule has 6 atom stereocenters. The maximum absolute atomic E-state index is 14.0. The van der Waals surface area contributed by atoms with Crippen molar-refractivity contribution in [2.45, 2.75) is 84.5 Å². The third kappa shape index (κ3) is 8.67. The molecule has 0 saturated carbocycles. The number of esters is 2. The fourth-order valence-electron chi connectivity index (χ4n) is 4.40. The number of hydrogen-bond acceptors (Lipinski definition) is 10. The largest absolute Gasteiger partial charge is 0.462 e. The van der Waals surface area contributed by atoms with E-state index in [9.17, 15) is 24.2 Å². The summed E-state index contributed by atoms with van der Waals surface area (Å²) in [5.74, 6) is -1.06. The summed E-state index contributed by atoms with van der Waals surface area (Å²) in [4.78, 5) is 39.2. The number of para-hydroxylation sites is 1. The van der Waals surface area contributed by atoms with Crippen molar-refractivity contribution in [3.05, 3.63) is 54.9 Å². The van der Waals surface area contributed by atoms with Crippen LogP contribution < -0.4 is 14.9 Å². The lowest BCUT2D eigenvalue weighted by molar-refractivity contribution is -0.156. The summed E-state index contributed by atoms with van der Waals surface area (Å²) in [7, 11) is -4.32. The van der Waals surface area contributed by atoms with Crippen molar-refractivity contribution in [3.63, 3.8) is 0 Å². The summed E-state index contributed by atoms with van der Waals surface area (Å²) >= 11 is 0. The van der Waals surface area contributed by atoms with Gasteiger partial charge in [-0.1, -0.05) is 38.1 Å². The Morgan fingerprint density at radius 2 is 1.98 bits per heavy atom. The zero-order valence-corrected chi connectivity index (χ0v) is 25.9. The van der Waals surface area contributed by atoms with Crippen molar-refractivity contribution in [2.24, 2.45) is 5.41 Å². The fourth-order valence-corrected chi connectivity index (χ4v) is 5.90. The molecule has 1 fully saturated rings. The summed E-state index contributed by atoms with van der Waals surface area (Å²) < 4.78 is 42.6. The van der Waals surface area contributed by atoms with Gasteiger partial charge in [0, 0.05) is 18.3 Å². The van der Waals surface area contributed by atoms with Gasteiger partial charge in [-0.25, -0.2) is 9.36 Å². The lowest BCUT2D eigenvalue weighted by Crippen LogP contribution is -2.52. The third-order valence-electron chi connectivity index (χ3n) is 6.60. The number of nitrogens with zero attached hydrogens (tertiary/aromatic N) is 2. The van der Waals surface area contributed by atoms with Gasteiger partial charge in [0.05, 0.1) is 18.8 Å². The summed E-state index contributed by atoms with van der Waals surface area (Å²) in [5.41, 5.74) is -1.22. The minimum Gasteiger partial charge on any atom is -0.462 e. The molecule has 2 aliphatic heterocycles. The van der Waals surface area contributed by atoms with E-state index in [2.05, 4.69) is 23.1 Å². The Morgan fingerprint density at radius 1 is 1.28 bits per heavy atom. The van der Waals surface area contributed by atoms with E-state index >= 15 is 0 Å². The average Bonchev–Trinajstić information content (AvgIpc) is 3.22. The van der Waals surface area contributed by atoms with Crippen LogP contribution in [0, 0.1) is 16.7 Å². The van der Waals surface area contributed by atoms with E-state index in [1.54, 1.807) is 44.2 Å². The van der Waals surface area contributed by atoms with E-state index in [-0.39, 0.29) is 12.2 Å². The molecule has 3 rings (SSSR count). The number of carbonyl (C=O) groups is 3. The first kappa shape index (κ1) is 33.8. The summed E-state index contributed by atoms with van der Waals surface area (Å²) in [6.45, 7) is 11.4. The molecule has 43 heavy (non-hydrogen) atoms. The molecule has 1 unspecified atom stereocenters. The number of unbranched alkanes of at least 4 members (excludes halogenated alkanes) is 1. The lowest BCUT2D eigenvalue weighted by atomic mass is 9.83. The molecule has 14 heteroatoms. The Balaban J connectivity index is 1.92. The first-order valence-electron chi connectivity index (χ1n) is 14.0. The minimum absolute atomic E-state index is 0.101. The Labute approximate surface area is 251 Å². The quantitative estimate of drug-likeness (QED) is 0.222. The van der Waals surface area contributed by atoms with Gasteiger partial charge in [-0.15, -0.1) is 0 Å². The number of ether oxygens (including phenoxy) is 3. The number of hydrogen-bond donors (Lipinski definition) is 2. The van der Waals surface area contributed by atoms with Gasteiger partial charge in [0.1, 0.15) is 23.3 Å². The summed E-state index contributed by atoms with van der Waals surface area (Å²) in [6, 6.07) is 8.62. The van der Waals surface area contributed by atoms with Crippen LogP contribution in [0.15, 0.2) is 54.9 Å². The number of amides is 2. The van der Waals surface area contributed by atoms with Gasteiger partial charge < -0.3 is 24.1 Å². The highest BCUT2D eigenvalue weighted by Gasteiger charge is 2.60. The van der Waals surface area contributed by atoms with Crippen molar-refractivity contribution in [1.29, 1.82) is 5.26 Å². The van der Waals surface area contributed by atoms with Crippen LogP contribution in [0.3, 0.4) is 0 Å². The number of nitrogens with one attached hydrogen (secondary N) is 2. The molecular weight excluding hydrogens is 579 g/mol. The fraction of sp³-hybridized carbons (Fsp3) is 0.517. The standard InChI is InChI=1S/C29H39N4O9P/c1-7-8-14-24(34)41-25-23(40-27(29(25,6)18-30)33-16-15-20(4)31-28(33)36)17-38-43(37,42-22-12-10-9-11-13-22)32-21(5)26(35)39-19(2)3/h9-13,15-16,19,21,23,25,27H,4,7-8,14,17H2,1-3,5-6H3,(H,31,36)(H,32,37)/t21-,23+,25+,27+,29+,43?/m0/s1. The van der Waals surface area contributed by atoms with Crippen LogP contribution in [0.2, 0.25) is 0 Å². The average molecular weight is 619 g/mol. The number of benzene rings is 1. The van der Waals surface area contributed by atoms with Gasteiger partial charge in [-0.05, 0) is 52.3 Å². The first-order valence-corrected chi connectivity index (χ1v) is 15.6. The molecule has 1 saturated heterocycles. The van der Waals surface area contributed by atoms with Crippen LogP contribution in [0.4, 0.5) is 4.79 Å². The third-order valence-corrected chi connectivity index (χ3v) is 8.25. The van der Waals surface area contributed by atoms with Crippen molar-refractivity contribution in [1.82, 2.24) is 15.3 Å². The van der Waals surface area contributed by atoms with Crippen LogP contribution >= 0.6 is 7.75 Å². The van der Waals surface area contributed by atoms with Crippen LogP contribution in [0.5, 0.6) is 5.75 Å². The Morgan fingerprint density at radius 3 is 2.58 bits per heavy atom. The number of allylic oxidation sites excluding steroid dienone is 1. The predicted octanol–water partition coefficient (Wildman–Crippen LogP) is 4.53. The molecular formula is C29H39N4O9P. The van der Waals surface area contributed by atoms with E-state index in [0.29, 0.717) is 12.1 Å². The number of nitriles is 1. The molecule has 234 valence electrons. The molecule has 13 nitrogen and oxygen atoms in total. The van der Waals surface area contributed by atoms with Crippen LogP contribution in [-0.2, 0) is 32.9 Å². The van der Waals surface area contributed by atoms with Gasteiger partial charge in [0.25, 0.3) is 0 Å². The summed E-state index contributed by atoms with van der Waals surface area (Å²) in [5, 5.41) is 15.5. The molecule has 1 aromatic rings. The van der Waals surface area contributed by atoms with E-state index in [4.69, 9.17) is 23.3 Å². The second kappa shape index (κ2) is 14.7. The molecule has 0 aliphatic carbocycles. The van der Waals surface area contributed by atoms with E-state index in [1.807, 2.05) is 6.92 Å². The van der Waals surface area contributed by atoms with Crippen LogP contribution in [0.1, 0.15) is 53.9 Å². The van der Waals surface area contributed by atoms with Crippen LogP contribution in [-0.4, -0.2) is 60.1 Å². The SMILES string of the molecule is C=C1C=CN([C@@H]2O[C@H](COP(=O)(N[C@@H](C)C(=O)OC(C)C)Oc3ccccc3)[C@@H](OC(=O)CCCC)[C@@]2(C)C#N)C(=O)N1. The molecule has 2 N–H and O–H groups in total.